The van der Waals surface area contributed by atoms with Crippen LogP contribution in [-0.2, 0) is 19.5 Å². The van der Waals surface area contributed by atoms with Crippen molar-refractivity contribution in [1.82, 2.24) is 19.6 Å². The molecule has 0 spiro atoms. The minimum absolute atomic E-state index is 0.00614. The number of aromatic nitrogens is 4. The van der Waals surface area contributed by atoms with Gasteiger partial charge in [0.2, 0.25) is 0 Å². The maximum absolute atomic E-state index is 12.9. The van der Waals surface area contributed by atoms with Crippen molar-refractivity contribution in [2.45, 2.75) is 19.5 Å². The van der Waals surface area contributed by atoms with Crippen LogP contribution in [0.3, 0.4) is 0 Å². The van der Waals surface area contributed by atoms with Crippen LogP contribution in [0.2, 0.25) is 5.02 Å². The van der Waals surface area contributed by atoms with Gasteiger partial charge in [0.05, 0.1) is 24.0 Å². The number of nitrogens with zero attached hydrogens (tertiary/aromatic N) is 4. The van der Waals surface area contributed by atoms with Crippen molar-refractivity contribution in [2.75, 3.05) is 5.32 Å². The van der Waals surface area contributed by atoms with Crippen LogP contribution in [0, 0.1) is 0 Å². The van der Waals surface area contributed by atoms with Crippen molar-refractivity contribution in [3.05, 3.63) is 95.0 Å². The van der Waals surface area contributed by atoms with Gasteiger partial charge in [-0.05, 0) is 48.0 Å². The third-order valence-corrected chi connectivity index (χ3v) is 4.86. The van der Waals surface area contributed by atoms with Crippen LogP contribution in [0.1, 0.15) is 21.6 Å². The Hall–Kier alpha value is -3.79. The molecule has 0 aliphatic heterocycles. The molecule has 1 amide bonds. The zero-order valence-electron chi connectivity index (χ0n) is 17.0. The number of halogens is 4. The fraction of sp³-hybridized carbons (Fsp3) is 0.136. The maximum atomic E-state index is 12.9. The first-order valence-electron chi connectivity index (χ1n) is 9.68. The SMILES string of the molecule is O=C(Nc1cnn(Cc2cccc(C(F)(F)F)c2)c1)c1ccnn1COc1ccc(Cl)cc1. The Morgan fingerprint density at radius 2 is 1.88 bits per heavy atom. The van der Waals surface area contributed by atoms with E-state index in [0.29, 0.717) is 22.0 Å². The van der Waals surface area contributed by atoms with Crippen LogP contribution in [0.25, 0.3) is 0 Å². The van der Waals surface area contributed by atoms with Crippen molar-refractivity contribution in [3.63, 3.8) is 0 Å². The van der Waals surface area contributed by atoms with Crippen molar-refractivity contribution >= 4 is 23.2 Å². The Bertz CT molecular complexity index is 1250. The first kappa shape index (κ1) is 22.4. The molecular weight excluding hydrogens is 459 g/mol. The van der Waals surface area contributed by atoms with Gasteiger partial charge in [-0.25, -0.2) is 4.68 Å². The number of benzene rings is 2. The van der Waals surface area contributed by atoms with Gasteiger partial charge in [-0.15, -0.1) is 0 Å². The number of ether oxygens (including phenoxy) is 1. The van der Waals surface area contributed by atoms with Crippen molar-refractivity contribution in [1.29, 1.82) is 0 Å². The van der Waals surface area contributed by atoms with Crippen LogP contribution >= 0.6 is 11.6 Å². The molecule has 33 heavy (non-hydrogen) atoms. The smallest absolute Gasteiger partial charge is 0.416 e. The molecule has 0 saturated heterocycles. The molecule has 0 fully saturated rings. The number of amides is 1. The molecule has 0 radical (unpaired) electrons. The van der Waals surface area contributed by atoms with Crippen LogP contribution in [0.15, 0.2) is 73.2 Å². The predicted molar refractivity (Wildman–Crippen MR) is 115 cm³/mol. The molecule has 2 aromatic carbocycles. The number of nitrogens with one attached hydrogen (secondary N) is 1. The highest BCUT2D eigenvalue weighted by Crippen LogP contribution is 2.29. The number of carbonyl (C=O) groups excluding carboxylic acids is 1. The highest BCUT2D eigenvalue weighted by molar-refractivity contribution is 6.30. The molecule has 0 aliphatic carbocycles. The van der Waals surface area contributed by atoms with E-state index in [2.05, 4.69) is 15.5 Å². The van der Waals surface area contributed by atoms with Gasteiger partial charge in [-0.1, -0.05) is 23.7 Å². The van der Waals surface area contributed by atoms with E-state index in [9.17, 15) is 18.0 Å². The molecule has 1 N–H and O–H groups in total. The van der Waals surface area contributed by atoms with Gasteiger partial charge in [0.15, 0.2) is 6.73 Å². The topological polar surface area (TPSA) is 74.0 Å². The Labute approximate surface area is 191 Å². The van der Waals surface area contributed by atoms with Crippen LogP contribution < -0.4 is 10.1 Å². The van der Waals surface area contributed by atoms with Crippen molar-refractivity contribution in [2.24, 2.45) is 0 Å². The standard InChI is InChI=1S/C22H17ClF3N5O2/c23-17-4-6-19(7-5-17)33-14-31-20(8-9-27-31)21(32)29-18-11-28-30(13-18)12-15-2-1-3-16(10-15)22(24,25)26/h1-11,13H,12,14H2,(H,29,32). The summed E-state index contributed by atoms with van der Waals surface area (Å²) in [7, 11) is 0. The van der Waals surface area contributed by atoms with Gasteiger partial charge in [0, 0.05) is 17.4 Å². The summed E-state index contributed by atoms with van der Waals surface area (Å²) >= 11 is 5.85. The van der Waals surface area contributed by atoms with Crippen molar-refractivity contribution < 1.29 is 22.7 Å². The van der Waals surface area contributed by atoms with Gasteiger partial charge in [0.25, 0.3) is 5.91 Å². The lowest BCUT2D eigenvalue weighted by atomic mass is 10.1. The van der Waals surface area contributed by atoms with E-state index < -0.39 is 17.6 Å². The molecule has 0 atom stereocenters. The molecule has 2 aromatic heterocycles. The van der Waals surface area contributed by atoms with Crippen LogP contribution in [0.5, 0.6) is 5.75 Å². The lowest BCUT2D eigenvalue weighted by Crippen LogP contribution is -2.19. The second kappa shape index (κ2) is 9.37. The van der Waals surface area contributed by atoms with E-state index in [0.717, 1.165) is 12.1 Å². The second-order valence-corrected chi connectivity index (χ2v) is 7.46. The fourth-order valence-electron chi connectivity index (χ4n) is 3.04. The molecule has 4 rings (SSSR count). The van der Waals surface area contributed by atoms with E-state index in [1.165, 1.54) is 40.1 Å². The van der Waals surface area contributed by atoms with Crippen molar-refractivity contribution in [3.8, 4) is 5.75 Å². The summed E-state index contributed by atoms with van der Waals surface area (Å²) in [6.07, 6.45) is -0.00378. The fourth-order valence-corrected chi connectivity index (χ4v) is 3.16. The summed E-state index contributed by atoms with van der Waals surface area (Å²) in [6.45, 7) is 0.124. The Morgan fingerprint density at radius 3 is 2.64 bits per heavy atom. The molecule has 2 heterocycles. The molecule has 0 unspecified atom stereocenters. The molecule has 0 saturated carbocycles. The summed E-state index contributed by atoms with van der Waals surface area (Å²) in [6, 6.07) is 13.3. The maximum Gasteiger partial charge on any atom is 0.416 e. The molecule has 0 bridgehead atoms. The average molecular weight is 476 g/mol. The first-order chi connectivity index (χ1) is 15.8. The molecule has 11 heteroatoms. The molecule has 170 valence electrons. The second-order valence-electron chi connectivity index (χ2n) is 7.02. The number of hydrogen-bond donors (Lipinski definition) is 1. The van der Waals surface area contributed by atoms with Gasteiger partial charge in [-0.2, -0.15) is 23.4 Å². The summed E-state index contributed by atoms with van der Waals surface area (Å²) in [5, 5.41) is 11.5. The molecule has 4 aromatic rings. The number of carbonyl (C=O) groups is 1. The van der Waals surface area contributed by atoms with Crippen LogP contribution in [-0.4, -0.2) is 25.5 Å². The van der Waals surface area contributed by atoms with E-state index in [1.54, 1.807) is 30.3 Å². The first-order valence-corrected chi connectivity index (χ1v) is 10.1. The van der Waals surface area contributed by atoms with E-state index >= 15 is 0 Å². The predicted octanol–water partition coefficient (Wildman–Crippen LogP) is 5.09. The largest absolute Gasteiger partial charge is 0.471 e. The Morgan fingerprint density at radius 1 is 1.09 bits per heavy atom. The van der Waals surface area contributed by atoms with Gasteiger partial charge >= 0.3 is 6.18 Å². The summed E-state index contributed by atoms with van der Waals surface area (Å²) < 4.78 is 47.1. The lowest BCUT2D eigenvalue weighted by molar-refractivity contribution is -0.137. The average Bonchev–Trinajstić information content (AvgIpc) is 3.42. The van der Waals surface area contributed by atoms with E-state index in [-0.39, 0.29) is 19.0 Å². The number of hydrogen-bond acceptors (Lipinski definition) is 4. The quantitative estimate of drug-likeness (QED) is 0.404. The molecule has 0 aliphatic rings. The van der Waals surface area contributed by atoms with Gasteiger partial charge < -0.3 is 10.1 Å². The minimum atomic E-state index is -4.42. The zero-order valence-corrected chi connectivity index (χ0v) is 17.7. The van der Waals surface area contributed by atoms with Gasteiger partial charge in [0.1, 0.15) is 11.4 Å². The van der Waals surface area contributed by atoms with E-state index in [4.69, 9.17) is 16.3 Å². The number of alkyl halides is 3. The highest BCUT2D eigenvalue weighted by atomic mass is 35.5. The van der Waals surface area contributed by atoms with Gasteiger partial charge in [-0.3, -0.25) is 9.48 Å². The monoisotopic (exact) mass is 475 g/mol. The Kier molecular flexibility index (Phi) is 6.36. The summed E-state index contributed by atoms with van der Waals surface area (Å²) in [4.78, 5) is 12.7. The summed E-state index contributed by atoms with van der Waals surface area (Å²) in [5.41, 5.74) is 0.353. The molecule has 7 nitrogen and oxygen atoms in total. The molecular formula is C22H17ClF3N5O2. The summed E-state index contributed by atoms with van der Waals surface area (Å²) in [5.74, 6) is 0.128. The number of anilines is 1. The Balaban J connectivity index is 1.38. The third-order valence-electron chi connectivity index (χ3n) is 4.61. The lowest BCUT2D eigenvalue weighted by Gasteiger charge is -2.10. The van der Waals surface area contributed by atoms with E-state index in [1.807, 2.05) is 0 Å². The normalized spacial score (nSPS) is 11.4. The highest BCUT2D eigenvalue weighted by Gasteiger charge is 2.30. The number of rotatable bonds is 7. The van der Waals surface area contributed by atoms with Crippen LogP contribution in [0.4, 0.5) is 18.9 Å². The zero-order chi connectivity index (χ0) is 23.4. The third kappa shape index (κ3) is 5.72. The minimum Gasteiger partial charge on any atom is -0.471 e.